The Morgan fingerprint density at radius 2 is 1.42 bits per heavy atom. The van der Waals surface area contributed by atoms with Crippen molar-refractivity contribution in [2.75, 3.05) is 21.3 Å². The minimum atomic E-state index is -0.560. The maximum atomic E-state index is 12.8. The van der Waals surface area contributed by atoms with E-state index in [9.17, 15) is 4.79 Å². The Bertz CT molecular complexity index is 1060. The molecule has 3 aromatic carbocycles. The van der Waals surface area contributed by atoms with Crippen molar-refractivity contribution in [3.8, 4) is 11.5 Å². The number of carbonyl (C=O) groups excluding carboxylic acids is 1. The van der Waals surface area contributed by atoms with E-state index in [2.05, 4.69) is 10.6 Å². The average Bonchev–Trinajstić information content (AvgIpc) is 2.85. The number of carbonyl (C=O) groups is 1. The molecule has 2 atom stereocenters. The molecule has 0 saturated carbocycles. The van der Waals surface area contributed by atoms with E-state index >= 15 is 0 Å². The summed E-state index contributed by atoms with van der Waals surface area (Å²) in [5, 5.41) is 7.64. The van der Waals surface area contributed by atoms with Crippen LogP contribution >= 0.6 is 23.2 Å². The first-order chi connectivity index (χ1) is 15.9. The van der Waals surface area contributed by atoms with Crippen molar-refractivity contribution in [2.24, 2.45) is 0 Å². The highest BCUT2D eigenvalue weighted by molar-refractivity contribution is 6.30. The van der Waals surface area contributed by atoms with Gasteiger partial charge in [0.15, 0.2) is 11.5 Å². The molecule has 0 fully saturated rings. The number of amides is 1. The lowest BCUT2D eigenvalue weighted by Gasteiger charge is -2.26. The van der Waals surface area contributed by atoms with Crippen molar-refractivity contribution in [2.45, 2.75) is 24.9 Å². The standard InChI is InChI=1S/C26H28Cl2N2O3/c1-29-26(31)25(18-7-12-21(28)13-8-18)30-22(14-6-17-4-10-20(27)11-5-17)19-9-15-23(32-2)24(16-19)33-3/h4-5,7-13,15-16,22,25,30H,6,14H2,1-3H3,(H,29,31)/t22-,25+/m1/s1. The van der Waals surface area contributed by atoms with Gasteiger partial charge >= 0.3 is 0 Å². The van der Waals surface area contributed by atoms with Gasteiger partial charge in [-0.3, -0.25) is 10.1 Å². The minimum Gasteiger partial charge on any atom is -0.493 e. The van der Waals surface area contributed by atoms with E-state index in [0.29, 0.717) is 21.5 Å². The third-order valence-electron chi connectivity index (χ3n) is 5.52. The molecule has 33 heavy (non-hydrogen) atoms. The number of ether oxygens (including phenoxy) is 2. The highest BCUT2D eigenvalue weighted by Gasteiger charge is 2.25. The Labute approximate surface area is 205 Å². The Hall–Kier alpha value is -2.73. The number of benzene rings is 3. The number of nitrogens with one attached hydrogen (secondary N) is 2. The maximum Gasteiger partial charge on any atom is 0.241 e. The van der Waals surface area contributed by atoms with Crippen LogP contribution in [0, 0.1) is 0 Å². The highest BCUT2D eigenvalue weighted by atomic mass is 35.5. The van der Waals surface area contributed by atoms with Gasteiger partial charge in [-0.05, 0) is 65.9 Å². The van der Waals surface area contributed by atoms with Crippen LogP contribution in [-0.4, -0.2) is 27.2 Å². The number of methoxy groups -OCH3 is 2. The molecule has 3 aromatic rings. The van der Waals surface area contributed by atoms with E-state index in [1.54, 1.807) is 33.4 Å². The number of aryl methyl sites for hydroxylation is 1. The van der Waals surface area contributed by atoms with Gasteiger partial charge < -0.3 is 14.8 Å². The fraction of sp³-hybridized carbons (Fsp3) is 0.269. The van der Waals surface area contributed by atoms with E-state index in [1.165, 1.54) is 0 Å². The molecule has 0 aliphatic carbocycles. The first-order valence-corrected chi connectivity index (χ1v) is 11.4. The average molecular weight is 487 g/mol. The number of rotatable bonds is 10. The van der Waals surface area contributed by atoms with Crippen LogP contribution in [0.3, 0.4) is 0 Å². The van der Waals surface area contributed by atoms with Gasteiger partial charge in [0.25, 0.3) is 0 Å². The molecule has 1 amide bonds. The lowest BCUT2D eigenvalue weighted by atomic mass is 9.96. The van der Waals surface area contributed by atoms with E-state index in [4.69, 9.17) is 32.7 Å². The molecule has 5 nitrogen and oxygen atoms in total. The second-order valence-electron chi connectivity index (χ2n) is 7.60. The maximum absolute atomic E-state index is 12.8. The SMILES string of the molecule is CNC(=O)[C@@H](N[C@H](CCc1ccc(Cl)cc1)c1ccc(OC)c(OC)c1)c1ccc(Cl)cc1. The number of hydrogen-bond acceptors (Lipinski definition) is 4. The van der Waals surface area contributed by atoms with Gasteiger partial charge in [-0.2, -0.15) is 0 Å². The summed E-state index contributed by atoms with van der Waals surface area (Å²) in [5.41, 5.74) is 2.98. The van der Waals surface area contributed by atoms with Gasteiger partial charge in [-0.1, -0.05) is 53.5 Å². The summed E-state index contributed by atoms with van der Waals surface area (Å²) in [6.07, 6.45) is 1.54. The van der Waals surface area contributed by atoms with Crippen LogP contribution in [0.4, 0.5) is 0 Å². The Morgan fingerprint density at radius 1 is 0.848 bits per heavy atom. The number of likely N-dealkylation sites (N-methyl/N-ethyl adjacent to an activating group) is 1. The molecule has 7 heteroatoms. The van der Waals surface area contributed by atoms with Crippen molar-refractivity contribution in [1.82, 2.24) is 10.6 Å². The van der Waals surface area contributed by atoms with Crippen LogP contribution in [0.2, 0.25) is 10.0 Å². The zero-order valence-electron chi connectivity index (χ0n) is 18.9. The summed E-state index contributed by atoms with van der Waals surface area (Å²) in [4.78, 5) is 12.8. The molecule has 0 spiro atoms. The molecule has 0 bridgehead atoms. The van der Waals surface area contributed by atoms with Crippen LogP contribution in [0.15, 0.2) is 66.7 Å². The van der Waals surface area contributed by atoms with Crippen LogP contribution < -0.4 is 20.1 Å². The first kappa shape index (κ1) is 24.9. The van der Waals surface area contributed by atoms with Gasteiger partial charge in [0, 0.05) is 23.1 Å². The Balaban J connectivity index is 1.94. The quantitative estimate of drug-likeness (QED) is 0.382. The summed E-state index contributed by atoms with van der Waals surface area (Å²) < 4.78 is 10.9. The summed E-state index contributed by atoms with van der Waals surface area (Å²) in [6.45, 7) is 0. The lowest BCUT2D eigenvalue weighted by Crippen LogP contribution is -2.38. The van der Waals surface area contributed by atoms with Gasteiger partial charge in [-0.25, -0.2) is 0 Å². The molecule has 0 aliphatic rings. The highest BCUT2D eigenvalue weighted by Crippen LogP contribution is 2.33. The van der Waals surface area contributed by atoms with Crippen LogP contribution in [0.5, 0.6) is 11.5 Å². The van der Waals surface area contributed by atoms with Gasteiger partial charge in [-0.15, -0.1) is 0 Å². The first-order valence-electron chi connectivity index (χ1n) is 10.6. The second kappa shape index (κ2) is 11.9. The zero-order valence-corrected chi connectivity index (χ0v) is 20.4. The zero-order chi connectivity index (χ0) is 23.8. The summed E-state index contributed by atoms with van der Waals surface area (Å²) in [5.74, 6) is 1.16. The van der Waals surface area contributed by atoms with Crippen molar-refractivity contribution in [3.63, 3.8) is 0 Å². The molecule has 0 saturated heterocycles. The summed E-state index contributed by atoms with van der Waals surface area (Å²) in [7, 11) is 4.85. The van der Waals surface area contributed by atoms with Crippen LogP contribution in [0.25, 0.3) is 0 Å². The van der Waals surface area contributed by atoms with Crippen molar-refractivity contribution in [3.05, 3.63) is 93.5 Å². The second-order valence-corrected chi connectivity index (χ2v) is 8.47. The molecule has 0 unspecified atom stereocenters. The largest absolute Gasteiger partial charge is 0.493 e. The summed E-state index contributed by atoms with van der Waals surface area (Å²) in [6, 6.07) is 20.2. The normalized spacial score (nSPS) is 12.6. The van der Waals surface area contributed by atoms with Crippen molar-refractivity contribution in [1.29, 1.82) is 0 Å². The third-order valence-corrected chi connectivity index (χ3v) is 6.03. The molecule has 0 radical (unpaired) electrons. The third kappa shape index (κ3) is 6.64. The number of hydrogen-bond donors (Lipinski definition) is 2. The van der Waals surface area contributed by atoms with Crippen molar-refractivity contribution < 1.29 is 14.3 Å². The summed E-state index contributed by atoms with van der Waals surface area (Å²) >= 11 is 12.1. The number of halogens is 2. The predicted octanol–water partition coefficient (Wildman–Crippen LogP) is 5.76. The van der Waals surface area contributed by atoms with E-state index in [1.807, 2.05) is 54.6 Å². The molecule has 0 heterocycles. The molecular formula is C26H28Cl2N2O3. The Morgan fingerprint density at radius 3 is 2.00 bits per heavy atom. The minimum absolute atomic E-state index is 0.130. The molecule has 0 aromatic heterocycles. The molecule has 3 rings (SSSR count). The fourth-order valence-corrected chi connectivity index (χ4v) is 3.95. The van der Waals surface area contributed by atoms with Gasteiger partial charge in [0.05, 0.1) is 14.2 Å². The van der Waals surface area contributed by atoms with Crippen LogP contribution in [-0.2, 0) is 11.2 Å². The predicted molar refractivity (Wildman–Crippen MR) is 133 cm³/mol. The Kier molecular flexibility index (Phi) is 9.01. The van der Waals surface area contributed by atoms with Crippen molar-refractivity contribution >= 4 is 29.1 Å². The monoisotopic (exact) mass is 486 g/mol. The molecule has 0 aliphatic heterocycles. The van der Waals surface area contributed by atoms with Gasteiger partial charge in [0.1, 0.15) is 6.04 Å². The lowest BCUT2D eigenvalue weighted by molar-refractivity contribution is -0.123. The van der Waals surface area contributed by atoms with E-state index in [-0.39, 0.29) is 11.9 Å². The fourth-order valence-electron chi connectivity index (χ4n) is 3.70. The van der Waals surface area contributed by atoms with Gasteiger partial charge in [0.2, 0.25) is 5.91 Å². The topological polar surface area (TPSA) is 59.6 Å². The van der Waals surface area contributed by atoms with Crippen LogP contribution in [0.1, 0.15) is 35.2 Å². The van der Waals surface area contributed by atoms with E-state index in [0.717, 1.165) is 29.5 Å². The molecule has 174 valence electrons. The molecule has 2 N–H and O–H groups in total. The molecular weight excluding hydrogens is 459 g/mol. The smallest absolute Gasteiger partial charge is 0.241 e. The van der Waals surface area contributed by atoms with E-state index < -0.39 is 6.04 Å².